The van der Waals surface area contributed by atoms with Crippen LogP contribution in [0.25, 0.3) is 0 Å². The highest BCUT2D eigenvalue weighted by Crippen LogP contribution is 2.32. The van der Waals surface area contributed by atoms with Gasteiger partial charge in [0.1, 0.15) is 0 Å². The van der Waals surface area contributed by atoms with Gasteiger partial charge in [0.2, 0.25) is 5.91 Å². The molecule has 0 bridgehead atoms. The molecule has 5 nitrogen and oxygen atoms in total. The first kappa shape index (κ1) is 14.1. The van der Waals surface area contributed by atoms with Gasteiger partial charge in [0.05, 0.1) is 6.33 Å². The highest BCUT2D eigenvalue weighted by molar-refractivity contribution is 5.75. The summed E-state index contributed by atoms with van der Waals surface area (Å²) >= 11 is 0. The van der Waals surface area contributed by atoms with Crippen molar-refractivity contribution in [2.75, 3.05) is 19.6 Å². The van der Waals surface area contributed by atoms with Crippen LogP contribution in [0.1, 0.15) is 38.8 Å². The largest absolute Gasteiger partial charge is 0.356 e. The van der Waals surface area contributed by atoms with E-state index in [4.69, 9.17) is 0 Å². The van der Waals surface area contributed by atoms with E-state index in [1.165, 1.54) is 5.69 Å². The fourth-order valence-corrected chi connectivity index (χ4v) is 2.74. The van der Waals surface area contributed by atoms with E-state index in [1.54, 1.807) is 0 Å². The van der Waals surface area contributed by atoms with Crippen LogP contribution in [0.2, 0.25) is 0 Å². The second kappa shape index (κ2) is 6.19. The Bertz CT molecular complexity index is 421. The maximum absolute atomic E-state index is 11.6. The summed E-state index contributed by atoms with van der Waals surface area (Å²) in [6.45, 7) is 7.75. The number of amides is 1. The summed E-state index contributed by atoms with van der Waals surface area (Å²) in [7, 11) is 0. The molecule has 1 aliphatic heterocycles. The Morgan fingerprint density at radius 3 is 2.95 bits per heavy atom. The molecule has 0 unspecified atom stereocenters. The molecule has 0 aliphatic carbocycles. The summed E-state index contributed by atoms with van der Waals surface area (Å²) in [5, 5.41) is 6.23. The Kier molecular flexibility index (Phi) is 4.58. The molecule has 0 saturated carbocycles. The van der Waals surface area contributed by atoms with Crippen molar-refractivity contribution in [1.29, 1.82) is 0 Å². The van der Waals surface area contributed by atoms with Gasteiger partial charge in [-0.05, 0) is 32.9 Å². The van der Waals surface area contributed by atoms with E-state index in [9.17, 15) is 4.79 Å². The van der Waals surface area contributed by atoms with Crippen LogP contribution < -0.4 is 10.6 Å². The number of rotatable bonds is 5. The van der Waals surface area contributed by atoms with E-state index in [0.29, 0.717) is 19.5 Å². The molecule has 0 atom stereocenters. The zero-order valence-corrected chi connectivity index (χ0v) is 11.9. The van der Waals surface area contributed by atoms with Crippen molar-refractivity contribution in [1.82, 2.24) is 20.2 Å². The predicted octanol–water partition coefficient (Wildman–Crippen LogP) is 1.05. The summed E-state index contributed by atoms with van der Waals surface area (Å²) in [5.74, 6) is 0.109. The first-order chi connectivity index (χ1) is 9.15. The molecule has 2 heterocycles. The molecule has 1 amide bonds. The van der Waals surface area contributed by atoms with Gasteiger partial charge in [-0.1, -0.05) is 6.92 Å². The molecular formula is C14H24N4O. The number of hydrogen-bond acceptors (Lipinski definition) is 3. The molecule has 106 valence electrons. The summed E-state index contributed by atoms with van der Waals surface area (Å²) in [4.78, 5) is 15.8. The monoisotopic (exact) mass is 264 g/mol. The van der Waals surface area contributed by atoms with Crippen LogP contribution in [0, 0.1) is 0 Å². The minimum atomic E-state index is 0.109. The molecule has 1 saturated heterocycles. The number of piperidine rings is 1. The van der Waals surface area contributed by atoms with Crippen LogP contribution in [0.4, 0.5) is 0 Å². The van der Waals surface area contributed by atoms with Crippen LogP contribution in [-0.4, -0.2) is 35.1 Å². The van der Waals surface area contributed by atoms with Gasteiger partial charge in [-0.25, -0.2) is 4.98 Å². The van der Waals surface area contributed by atoms with Crippen molar-refractivity contribution in [3.8, 4) is 0 Å². The molecule has 0 radical (unpaired) electrons. The second-order valence-corrected chi connectivity index (χ2v) is 5.49. The smallest absolute Gasteiger partial charge is 0.221 e. The summed E-state index contributed by atoms with van der Waals surface area (Å²) in [6, 6.07) is 0. The van der Waals surface area contributed by atoms with Gasteiger partial charge >= 0.3 is 0 Å². The molecule has 2 rings (SSSR count). The van der Waals surface area contributed by atoms with Gasteiger partial charge in [0, 0.05) is 36.8 Å². The Labute approximate surface area is 114 Å². The van der Waals surface area contributed by atoms with E-state index in [-0.39, 0.29) is 11.3 Å². The number of hydrogen-bond donors (Lipinski definition) is 2. The minimum absolute atomic E-state index is 0.109. The van der Waals surface area contributed by atoms with Crippen molar-refractivity contribution in [3.05, 3.63) is 18.2 Å². The normalized spacial score (nSPS) is 18.2. The van der Waals surface area contributed by atoms with Gasteiger partial charge in [0.25, 0.3) is 0 Å². The molecule has 0 aromatic carbocycles. The van der Waals surface area contributed by atoms with E-state index >= 15 is 0 Å². The van der Waals surface area contributed by atoms with E-state index in [1.807, 2.05) is 19.4 Å². The number of carbonyl (C=O) groups excluding carboxylic acids is 1. The van der Waals surface area contributed by atoms with Crippen LogP contribution >= 0.6 is 0 Å². The van der Waals surface area contributed by atoms with Gasteiger partial charge in [0.15, 0.2) is 0 Å². The van der Waals surface area contributed by atoms with Crippen molar-refractivity contribution in [3.63, 3.8) is 0 Å². The topological polar surface area (TPSA) is 59.0 Å². The zero-order chi connectivity index (χ0) is 13.7. The number of aryl methyl sites for hydroxylation is 1. The van der Waals surface area contributed by atoms with Crippen molar-refractivity contribution < 1.29 is 4.79 Å². The quantitative estimate of drug-likeness (QED) is 0.836. The SMILES string of the molecule is CCNC(=O)CCn1cncc1C1(C)CCNCC1. The highest BCUT2D eigenvalue weighted by atomic mass is 16.1. The number of nitrogens with one attached hydrogen (secondary N) is 2. The number of carbonyl (C=O) groups is 1. The predicted molar refractivity (Wildman–Crippen MR) is 75.0 cm³/mol. The maximum atomic E-state index is 11.6. The fourth-order valence-electron chi connectivity index (χ4n) is 2.74. The Balaban J connectivity index is 2.02. The third-order valence-corrected chi connectivity index (χ3v) is 3.99. The lowest BCUT2D eigenvalue weighted by atomic mass is 9.78. The molecule has 19 heavy (non-hydrogen) atoms. The molecule has 2 N–H and O–H groups in total. The van der Waals surface area contributed by atoms with Crippen molar-refractivity contribution in [2.24, 2.45) is 0 Å². The van der Waals surface area contributed by atoms with E-state index in [2.05, 4.69) is 27.1 Å². The number of imidazole rings is 1. The minimum Gasteiger partial charge on any atom is -0.356 e. The Morgan fingerprint density at radius 1 is 1.53 bits per heavy atom. The van der Waals surface area contributed by atoms with Crippen molar-refractivity contribution in [2.45, 2.75) is 45.1 Å². The third kappa shape index (κ3) is 3.35. The molecule has 1 aliphatic rings. The summed E-state index contributed by atoms with van der Waals surface area (Å²) < 4.78 is 2.14. The van der Waals surface area contributed by atoms with Crippen LogP contribution in [0.3, 0.4) is 0 Å². The van der Waals surface area contributed by atoms with E-state index < -0.39 is 0 Å². The van der Waals surface area contributed by atoms with Crippen LogP contribution in [0.15, 0.2) is 12.5 Å². The van der Waals surface area contributed by atoms with Gasteiger partial charge in [-0.2, -0.15) is 0 Å². The molecule has 5 heteroatoms. The molecule has 1 aromatic heterocycles. The van der Waals surface area contributed by atoms with Crippen molar-refractivity contribution >= 4 is 5.91 Å². The lowest BCUT2D eigenvalue weighted by molar-refractivity contribution is -0.121. The lowest BCUT2D eigenvalue weighted by Crippen LogP contribution is -2.39. The fraction of sp³-hybridized carbons (Fsp3) is 0.714. The standard InChI is InChI=1S/C14H24N4O/c1-3-17-13(19)4-9-18-11-16-10-12(18)14(2)5-7-15-8-6-14/h10-11,15H,3-9H2,1-2H3,(H,17,19). The van der Waals surface area contributed by atoms with Gasteiger partial charge in [-0.3, -0.25) is 4.79 Å². The third-order valence-electron chi connectivity index (χ3n) is 3.99. The zero-order valence-electron chi connectivity index (χ0n) is 11.9. The molecule has 1 fully saturated rings. The van der Waals surface area contributed by atoms with Gasteiger partial charge < -0.3 is 15.2 Å². The van der Waals surface area contributed by atoms with Crippen LogP contribution in [-0.2, 0) is 16.8 Å². The maximum Gasteiger partial charge on any atom is 0.221 e. The lowest BCUT2D eigenvalue weighted by Gasteiger charge is -2.34. The molecule has 0 spiro atoms. The summed E-state index contributed by atoms with van der Waals surface area (Å²) in [5.41, 5.74) is 1.45. The highest BCUT2D eigenvalue weighted by Gasteiger charge is 2.31. The second-order valence-electron chi connectivity index (χ2n) is 5.49. The number of aromatic nitrogens is 2. The van der Waals surface area contributed by atoms with Crippen LogP contribution in [0.5, 0.6) is 0 Å². The molecular weight excluding hydrogens is 240 g/mol. The van der Waals surface area contributed by atoms with Gasteiger partial charge in [-0.15, -0.1) is 0 Å². The summed E-state index contributed by atoms with van der Waals surface area (Å²) in [6.07, 6.45) is 6.58. The Morgan fingerprint density at radius 2 is 2.26 bits per heavy atom. The average molecular weight is 264 g/mol. The van der Waals surface area contributed by atoms with E-state index in [0.717, 1.165) is 25.9 Å². The molecule has 1 aromatic rings. The first-order valence-electron chi connectivity index (χ1n) is 7.14. The average Bonchev–Trinajstić information content (AvgIpc) is 2.87. The first-order valence-corrected chi connectivity index (χ1v) is 7.14. The number of nitrogens with zero attached hydrogens (tertiary/aromatic N) is 2. The Hall–Kier alpha value is -1.36.